The standard InChI is InChI=1S/C11H20N4O/c1-8(2)11(16)12-6-5-10-7-15(9(3)4)14-13-10/h7-9H,5-6H2,1-4H3,(H,12,16). The highest BCUT2D eigenvalue weighted by atomic mass is 16.1. The molecule has 0 aliphatic rings. The van der Waals surface area contributed by atoms with Crippen LogP contribution in [0.15, 0.2) is 6.20 Å². The van der Waals surface area contributed by atoms with Crippen molar-refractivity contribution < 1.29 is 4.79 Å². The summed E-state index contributed by atoms with van der Waals surface area (Å²) >= 11 is 0. The van der Waals surface area contributed by atoms with Crippen molar-refractivity contribution in [2.45, 2.75) is 40.2 Å². The molecule has 0 aromatic carbocycles. The summed E-state index contributed by atoms with van der Waals surface area (Å²) in [5.74, 6) is 0.114. The van der Waals surface area contributed by atoms with Gasteiger partial charge in [-0.2, -0.15) is 0 Å². The number of nitrogens with one attached hydrogen (secondary N) is 1. The van der Waals surface area contributed by atoms with Crippen molar-refractivity contribution in [3.63, 3.8) is 0 Å². The van der Waals surface area contributed by atoms with Crippen LogP contribution < -0.4 is 5.32 Å². The van der Waals surface area contributed by atoms with Gasteiger partial charge in [-0.05, 0) is 13.8 Å². The molecule has 90 valence electrons. The van der Waals surface area contributed by atoms with Crippen molar-refractivity contribution in [3.05, 3.63) is 11.9 Å². The predicted octanol–water partition coefficient (Wildman–Crippen LogP) is 1.17. The number of amides is 1. The molecule has 5 heteroatoms. The van der Waals surface area contributed by atoms with Gasteiger partial charge in [0, 0.05) is 31.1 Å². The van der Waals surface area contributed by atoms with Crippen LogP contribution in [0.5, 0.6) is 0 Å². The quantitative estimate of drug-likeness (QED) is 0.816. The van der Waals surface area contributed by atoms with Gasteiger partial charge in [0.15, 0.2) is 0 Å². The molecular weight excluding hydrogens is 204 g/mol. The zero-order valence-corrected chi connectivity index (χ0v) is 10.4. The topological polar surface area (TPSA) is 59.8 Å². The van der Waals surface area contributed by atoms with E-state index in [1.54, 1.807) is 0 Å². The van der Waals surface area contributed by atoms with E-state index in [1.165, 1.54) is 0 Å². The lowest BCUT2D eigenvalue weighted by molar-refractivity contribution is -0.123. The molecule has 0 atom stereocenters. The van der Waals surface area contributed by atoms with Crippen LogP contribution in [0.25, 0.3) is 0 Å². The van der Waals surface area contributed by atoms with Crippen molar-refractivity contribution in [2.24, 2.45) is 5.92 Å². The monoisotopic (exact) mass is 224 g/mol. The van der Waals surface area contributed by atoms with Crippen LogP contribution in [0.4, 0.5) is 0 Å². The van der Waals surface area contributed by atoms with Crippen LogP contribution in [0.3, 0.4) is 0 Å². The molecule has 0 unspecified atom stereocenters. The third kappa shape index (κ3) is 3.64. The Labute approximate surface area is 96.2 Å². The second kappa shape index (κ2) is 5.63. The van der Waals surface area contributed by atoms with E-state index < -0.39 is 0 Å². The summed E-state index contributed by atoms with van der Waals surface area (Å²) in [5.41, 5.74) is 0.915. The second-order valence-corrected chi connectivity index (χ2v) is 4.48. The Morgan fingerprint density at radius 3 is 2.62 bits per heavy atom. The number of aromatic nitrogens is 3. The highest BCUT2D eigenvalue weighted by Crippen LogP contribution is 2.02. The fraction of sp³-hybridized carbons (Fsp3) is 0.727. The minimum absolute atomic E-state index is 0.0337. The van der Waals surface area contributed by atoms with E-state index in [0.717, 1.165) is 12.1 Å². The van der Waals surface area contributed by atoms with Crippen molar-refractivity contribution >= 4 is 5.91 Å². The molecule has 0 spiro atoms. The first-order valence-electron chi connectivity index (χ1n) is 5.69. The highest BCUT2D eigenvalue weighted by molar-refractivity contribution is 5.77. The lowest BCUT2D eigenvalue weighted by atomic mass is 10.2. The van der Waals surface area contributed by atoms with Crippen molar-refractivity contribution in [2.75, 3.05) is 6.54 Å². The van der Waals surface area contributed by atoms with E-state index in [0.29, 0.717) is 12.6 Å². The molecule has 0 radical (unpaired) electrons. The number of nitrogens with zero attached hydrogens (tertiary/aromatic N) is 3. The van der Waals surface area contributed by atoms with Gasteiger partial charge in [-0.3, -0.25) is 4.79 Å². The van der Waals surface area contributed by atoms with Gasteiger partial charge in [-0.25, -0.2) is 4.68 Å². The molecule has 1 rings (SSSR count). The summed E-state index contributed by atoms with van der Waals surface area (Å²) in [6, 6.07) is 0.325. The molecule has 5 nitrogen and oxygen atoms in total. The molecule has 0 fully saturated rings. The summed E-state index contributed by atoms with van der Waals surface area (Å²) in [7, 11) is 0. The fourth-order valence-corrected chi connectivity index (χ4v) is 1.20. The maximum Gasteiger partial charge on any atom is 0.222 e. The molecule has 1 N–H and O–H groups in total. The minimum atomic E-state index is 0.0337. The summed E-state index contributed by atoms with van der Waals surface area (Å²) in [4.78, 5) is 11.3. The minimum Gasteiger partial charge on any atom is -0.355 e. The fourth-order valence-electron chi connectivity index (χ4n) is 1.20. The molecule has 0 bridgehead atoms. The van der Waals surface area contributed by atoms with E-state index in [2.05, 4.69) is 29.5 Å². The van der Waals surface area contributed by atoms with Gasteiger partial charge in [-0.1, -0.05) is 19.1 Å². The SMILES string of the molecule is CC(C)C(=O)NCCc1cn(C(C)C)nn1. The summed E-state index contributed by atoms with van der Waals surface area (Å²) in [6.45, 7) is 8.49. The summed E-state index contributed by atoms with van der Waals surface area (Å²) in [5, 5.41) is 10.9. The van der Waals surface area contributed by atoms with Crippen LogP contribution >= 0.6 is 0 Å². The first-order chi connectivity index (χ1) is 7.50. The molecule has 16 heavy (non-hydrogen) atoms. The average molecular weight is 224 g/mol. The summed E-state index contributed by atoms with van der Waals surface area (Å²) in [6.07, 6.45) is 2.65. The van der Waals surface area contributed by atoms with Crippen molar-refractivity contribution in [1.29, 1.82) is 0 Å². The molecule has 0 saturated heterocycles. The third-order valence-corrected chi connectivity index (χ3v) is 2.29. The van der Waals surface area contributed by atoms with Gasteiger partial charge < -0.3 is 5.32 Å². The lowest BCUT2D eigenvalue weighted by Crippen LogP contribution is -2.29. The van der Waals surface area contributed by atoms with Gasteiger partial charge in [0.25, 0.3) is 0 Å². The van der Waals surface area contributed by atoms with Crippen LogP contribution in [0, 0.1) is 5.92 Å². The molecule has 0 saturated carbocycles. The third-order valence-electron chi connectivity index (χ3n) is 2.29. The zero-order chi connectivity index (χ0) is 12.1. The van der Waals surface area contributed by atoms with E-state index >= 15 is 0 Å². The lowest BCUT2D eigenvalue weighted by Gasteiger charge is -2.05. The average Bonchev–Trinajstić information content (AvgIpc) is 2.66. The number of rotatable bonds is 5. The first-order valence-corrected chi connectivity index (χ1v) is 5.69. The van der Waals surface area contributed by atoms with Crippen LogP contribution in [0.2, 0.25) is 0 Å². The van der Waals surface area contributed by atoms with Crippen LogP contribution in [-0.4, -0.2) is 27.4 Å². The molecule has 1 amide bonds. The first kappa shape index (κ1) is 12.7. The van der Waals surface area contributed by atoms with Gasteiger partial charge in [0.1, 0.15) is 0 Å². The van der Waals surface area contributed by atoms with E-state index in [-0.39, 0.29) is 11.8 Å². The Bertz CT molecular complexity index is 344. The Morgan fingerprint density at radius 1 is 1.44 bits per heavy atom. The van der Waals surface area contributed by atoms with E-state index in [9.17, 15) is 4.79 Å². The highest BCUT2D eigenvalue weighted by Gasteiger charge is 2.07. The number of hydrogen-bond acceptors (Lipinski definition) is 3. The maximum atomic E-state index is 11.3. The zero-order valence-electron chi connectivity index (χ0n) is 10.4. The van der Waals surface area contributed by atoms with E-state index in [4.69, 9.17) is 0 Å². The number of carbonyl (C=O) groups is 1. The summed E-state index contributed by atoms with van der Waals surface area (Å²) < 4.78 is 1.82. The second-order valence-electron chi connectivity index (χ2n) is 4.48. The molecule has 1 heterocycles. The smallest absolute Gasteiger partial charge is 0.222 e. The van der Waals surface area contributed by atoms with Gasteiger partial charge in [-0.15, -0.1) is 5.10 Å². The van der Waals surface area contributed by atoms with Crippen molar-refractivity contribution in [3.8, 4) is 0 Å². The number of hydrogen-bond donors (Lipinski definition) is 1. The van der Waals surface area contributed by atoms with Crippen molar-refractivity contribution in [1.82, 2.24) is 20.3 Å². The molecule has 1 aromatic heterocycles. The Morgan fingerprint density at radius 2 is 2.12 bits per heavy atom. The van der Waals surface area contributed by atoms with E-state index in [1.807, 2.05) is 24.7 Å². The molecule has 0 aliphatic heterocycles. The van der Waals surface area contributed by atoms with Crippen LogP contribution in [0.1, 0.15) is 39.4 Å². The van der Waals surface area contributed by atoms with Crippen LogP contribution in [-0.2, 0) is 11.2 Å². The Balaban J connectivity index is 2.35. The Kier molecular flexibility index (Phi) is 4.46. The molecule has 0 aliphatic carbocycles. The molecule has 1 aromatic rings. The van der Waals surface area contributed by atoms with Gasteiger partial charge in [0.2, 0.25) is 5.91 Å². The molecular formula is C11H20N4O. The van der Waals surface area contributed by atoms with Gasteiger partial charge in [0.05, 0.1) is 5.69 Å². The predicted molar refractivity (Wildman–Crippen MR) is 62.0 cm³/mol. The number of carbonyl (C=O) groups excluding carboxylic acids is 1. The normalized spacial score (nSPS) is 11.1. The Hall–Kier alpha value is -1.39. The maximum absolute atomic E-state index is 11.3. The largest absolute Gasteiger partial charge is 0.355 e. The van der Waals surface area contributed by atoms with Gasteiger partial charge >= 0.3 is 0 Å².